The van der Waals surface area contributed by atoms with Gasteiger partial charge >= 0.3 is 0 Å². The van der Waals surface area contributed by atoms with Crippen molar-refractivity contribution >= 4 is 11.6 Å². The van der Waals surface area contributed by atoms with Crippen LogP contribution in [0.5, 0.6) is 0 Å². The topological polar surface area (TPSA) is 74.6 Å². The third-order valence-corrected chi connectivity index (χ3v) is 8.72. The molecule has 2 N–H and O–H groups in total. The van der Waals surface area contributed by atoms with Gasteiger partial charge in [0.05, 0.1) is 6.10 Å². The highest BCUT2D eigenvalue weighted by atomic mass is 16.4. The number of fused-ring (bicyclic) bond motifs is 5. The van der Waals surface area contributed by atoms with E-state index in [0.717, 1.165) is 32.1 Å². The lowest BCUT2D eigenvalue weighted by molar-refractivity contribution is -0.173. The van der Waals surface area contributed by atoms with E-state index in [2.05, 4.69) is 6.92 Å². The van der Waals surface area contributed by atoms with Crippen LogP contribution in [0.1, 0.15) is 65.7 Å². The second-order valence-corrected chi connectivity index (χ2v) is 9.50. The van der Waals surface area contributed by atoms with Crippen LogP contribution in [0.25, 0.3) is 0 Å². The molecule has 4 aliphatic rings. The van der Waals surface area contributed by atoms with Gasteiger partial charge in [0.1, 0.15) is 0 Å². The Morgan fingerprint density at radius 1 is 1.16 bits per heavy atom. The number of allylic oxidation sites excluding steroid dienone is 1. The summed E-state index contributed by atoms with van der Waals surface area (Å²) in [4.78, 5) is 24.1. The zero-order valence-electron chi connectivity index (χ0n) is 15.5. The van der Waals surface area contributed by atoms with E-state index in [1.165, 1.54) is 12.5 Å². The van der Waals surface area contributed by atoms with Crippen LogP contribution < -0.4 is 0 Å². The van der Waals surface area contributed by atoms with Crippen molar-refractivity contribution in [2.75, 3.05) is 0 Å². The van der Waals surface area contributed by atoms with E-state index in [0.29, 0.717) is 24.7 Å². The van der Waals surface area contributed by atoms with Gasteiger partial charge in [0.15, 0.2) is 17.2 Å². The van der Waals surface area contributed by atoms with Crippen molar-refractivity contribution in [1.29, 1.82) is 0 Å². The molecule has 4 unspecified atom stereocenters. The molecule has 0 amide bonds. The molecule has 4 nitrogen and oxygen atoms in total. The predicted molar refractivity (Wildman–Crippen MR) is 93.7 cm³/mol. The third kappa shape index (κ3) is 2.01. The molecule has 4 heteroatoms. The van der Waals surface area contributed by atoms with Crippen molar-refractivity contribution in [1.82, 2.24) is 0 Å². The monoisotopic (exact) mass is 346 g/mol. The number of Topliss-reactive ketones (excluding diaryl/α,β-unsaturated/α-hetero) is 1. The van der Waals surface area contributed by atoms with Crippen LogP contribution in [0.3, 0.4) is 0 Å². The lowest BCUT2D eigenvalue weighted by atomic mass is 9.46. The standard InChI is InChI=1S/C21H30O4/c1-12(22)21(25)18(24)11-17-15-5-4-13-10-14(23)6-8-19(13,2)16(15)7-9-20(17,21)3/h10,15-18,24-25H,4-9,11H2,1-3H3/t15?,16?,17?,18?,19-,20-,21+/m0/s1. The number of hydrogen-bond donors (Lipinski definition) is 2. The van der Waals surface area contributed by atoms with Crippen LogP contribution in [0.15, 0.2) is 11.6 Å². The van der Waals surface area contributed by atoms with Crippen molar-refractivity contribution in [3.63, 3.8) is 0 Å². The molecule has 3 saturated carbocycles. The Morgan fingerprint density at radius 2 is 1.88 bits per heavy atom. The van der Waals surface area contributed by atoms with E-state index >= 15 is 0 Å². The fourth-order valence-corrected chi connectivity index (χ4v) is 7.22. The van der Waals surface area contributed by atoms with Crippen molar-refractivity contribution in [2.24, 2.45) is 28.6 Å². The fourth-order valence-electron chi connectivity index (χ4n) is 7.22. The molecule has 4 aliphatic carbocycles. The Morgan fingerprint density at radius 3 is 2.56 bits per heavy atom. The highest BCUT2D eigenvalue weighted by molar-refractivity contribution is 5.91. The number of aliphatic hydroxyl groups excluding tert-OH is 1. The Balaban J connectivity index is 1.72. The number of ketones is 2. The van der Waals surface area contributed by atoms with Crippen LogP contribution >= 0.6 is 0 Å². The van der Waals surface area contributed by atoms with Gasteiger partial charge in [-0.3, -0.25) is 9.59 Å². The van der Waals surface area contributed by atoms with Crippen molar-refractivity contribution in [3.05, 3.63) is 11.6 Å². The highest BCUT2D eigenvalue weighted by Crippen LogP contribution is 2.67. The van der Waals surface area contributed by atoms with Crippen molar-refractivity contribution in [2.45, 2.75) is 77.4 Å². The number of hydrogen-bond acceptors (Lipinski definition) is 4. The quantitative estimate of drug-likeness (QED) is 0.766. The van der Waals surface area contributed by atoms with Gasteiger partial charge in [-0.1, -0.05) is 19.4 Å². The Bertz CT molecular complexity index is 667. The molecule has 0 aromatic rings. The third-order valence-electron chi connectivity index (χ3n) is 8.72. The summed E-state index contributed by atoms with van der Waals surface area (Å²) in [5.74, 6) is 1.03. The summed E-state index contributed by atoms with van der Waals surface area (Å²) in [5.41, 5.74) is -0.766. The maximum Gasteiger partial charge on any atom is 0.164 e. The summed E-state index contributed by atoms with van der Waals surface area (Å²) >= 11 is 0. The van der Waals surface area contributed by atoms with E-state index in [9.17, 15) is 19.8 Å². The van der Waals surface area contributed by atoms with Crippen LogP contribution in [-0.2, 0) is 9.59 Å². The zero-order valence-corrected chi connectivity index (χ0v) is 15.5. The van der Waals surface area contributed by atoms with Crippen LogP contribution in [0.4, 0.5) is 0 Å². The number of carbonyl (C=O) groups excluding carboxylic acids is 2. The summed E-state index contributed by atoms with van der Waals surface area (Å²) < 4.78 is 0. The Hall–Kier alpha value is -1.00. The minimum absolute atomic E-state index is 0.0695. The number of aliphatic hydroxyl groups is 2. The second-order valence-electron chi connectivity index (χ2n) is 9.50. The van der Waals surface area contributed by atoms with E-state index in [-0.39, 0.29) is 22.9 Å². The van der Waals surface area contributed by atoms with E-state index in [4.69, 9.17) is 0 Å². The van der Waals surface area contributed by atoms with Crippen LogP contribution in [0.2, 0.25) is 0 Å². The minimum atomic E-state index is -1.61. The SMILES string of the molecule is CC(=O)[C@@]1(O)C(O)CC2C3CCC4=CC(=O)CC[C@]4(C)C3CC[C@@]21C. The van der Waals surface area contributed by atoms with Gasteiger partial charge in [0, 0.05) is 11.8 Å². The molecule has 0 spiro atoms. The molecule has 3 fully saturated rings. The maximum absolute atomic E-state index is 12.3. The maximum atomic E-state index is 12.3. The minimum Gasteiger partial charge on any atom is -0.390 e. The molecule has 25 heavy (non-hydrogen) atoms. The molecule has 138 valence electrons. The lowest BCUT2D eigenvalue weighted by Crippen LogP contribution is -2.59. The van der Waals surface area contributed by atoms with Crippen molar-refractivity contribution in [3.8, 4) is 0 Å². The first kappa shape index (κ1) is 17.4. The first-order chi connectivity index (χ1) is 11.6. The molecule has 0 bridgehead atoms. The summed E-state index contributed by atoms with van der Waals surface area (Å²) in [6, 6.07) is 0. The van der Waals surface area contributed by atoms with Gasteiger partial charge in [0.25, 0.3) is 0 Å². The lowest BCUT2D eigenvalue weighted by Gasteiger charge is -2.58. The number of rotatable bonds is 1. The zero-order chi connectivity index (χ0) is 18.2. The van der Waals surface area contributed by atoms with E-state index in [1.54, 1.807) is 0 Å². The predicted octanol–water partition coefficient (Wildman–Crippen LogP) is 2.81. The largest absolute Gasteiger partial charge is 0.390 e. The van der Waals surface area contributed by atoms with E-state index in [1.807, 2.05) is 13.0 Å². The molecule has 7 atom stereocenters. The molecule has 0 heterocycles. The average Bonchev–Trinajstić information content (AvgIpc) is 2.77. The molecule has 0 aromatic heterocycles. The molecule has 4 rings (SSSR count). The smallest absolute Gasteiger partial charge is 0.164 e. The Labute approximate surface area is 149 Å². The van der Waals surface area contributed by atoms with Gasteiger partial charge in [0.2, 0.25) is 0 Å². The summed E-state index contributed by atoms with van der Waals surface area (Å²) in [5, 5.41) is 21.8. The Kier molecular flexibility index (Phi) is 3.66. The van der Waals surface area contributed by atoms with Gasteiger partial charge in [-0.25, -0.2) is 0 Å². The molecular formula is C21H30O4. The number of carbonyl (C=O) groups is 2. The molecule has 0 aromatic carbocycles. The van der Waals surface area contributed by atoms with Gasteiger partial charge in [-0.05, 0) is 74.7 Å². The van der Waals surface area contributed by atoms with Crippen LogP contribution in [0, 0.1) is 28.6 Å². The normalized spacial score (nSPS) is 52.0. The van der Waals surface area contributed by atoms with Gasteiger partial charge in [-0.2, -0.15) is 0 Å². The summed E-state index contributed by atoms with van der Waals surface area (Å²) in [6.07, 6.45) is 6.66. The average molecular weight is 346 g/mol. The first-order valence-electron chi connectivity index (χ1n) is 9.80. The first-order valence-corrected chi connectivity index (χ1v) is 9.80. The summed E-state index contributed by atoms with van der Waals surface area (Å²) in [7, 11) is 0. The van der Waals surface area contributed by atoms with Gasteiger partial charge in [-0.15, -0.1) is 0 Å². The van der Waals surface area contributed by atoms with Gasteiger partial charge < -0.3 is 10.2 Å². The summed E-state index contributed by atoms with van der Waals surface area (Å²) in [6.45, 7) is 5.75. The van der Waals surface area contributed by atoms with E-state index < -0.39 is 17.1 Å². The van der Waals surface area contributed by atoms with Crippen LogP contribution in [-0.4, -0.2) is 33.5 Å². The molecular weight excluding hydrogens is 316 g/mol. The van der Waals surface area contributed by atoms with Crippen molar-refractivity contribution < 1.29 is 19.8 Å². The second kappa shape index (κ2) is 5.26. The fraction of sp³-hybridized carbons (Fsp3) is 0.810. The molecule has 0 aliphatic heterocycles. The molecule has 0 saturated heterocycles. The molecule has 0 radical (unpaired) electrons. The highest BCUT2D eigenvalue weighted by Gasteiger charge is 2.69.